The predicted octanol–water partition coefficient (Wildman–Crippen LogP) is 4.25. The van der Waals surface area contributed by atoms with Gasteiger partial charge in [0.1, 0.15) is 5.75 Å². The van der Waals surface area contributed by atoms with Gasteiger partial charge in [-0.2, -0.15) is 5.26 Å². The summed E-state index contributed by atoms with van der Waals surface area (Å²) in [5.41, 5.74) is 1.80. The normalized spacial score (nSPS) is 10.8. The van der Waals surface area contributed by atoms with Crippen molar-refractivity contribution in [2.75, 3.05) is 7.11 Å². The van der Waals surface area contributed by atoms with Gasteiger partial charge in [-0.15, -0.1) is 0 Å². The maximum absolute atomic E-state index is 8.94. The van der Waals surface area contributed by atoms with Gasteiger partial charge >= 0.3 is 0 Å². The lowest BCUT2D eigenvalue weighted by molar-refractivity contribution is 0.409. The van der Waals surface area contributed by atoms with Gasteiger partial charge in [0, 0.05) is 5.56 Å². The van der Waals surface area contributed by atoms with E-state index < -0.39 is 4.33 Å². The van der Waals surface area contributed by atoms with E-state index in [0.29, 0.717) is 22.4 Å². The lowest BCUT2D eigenvalue weighted by Gasteiger charge is -2.23. The molecule has 2 aromatic carbocycles. The van der Waals surface area contributed by atoms with Crippen LogP contribution in [0.3, 0.4) is 0 Å². The highest BCUT2D eigenvalue weighted by atomic mass is 35.5. The number of nitrogens with zero attached hydrogens (tertiary/aromatic N) is 1. The minimum Gasteiger partial charge on any atom is -0.496 e. The molecule has 0 spiro atoms. The van der Waals surface area contributed by atoms with Gasteiger partial charge in [-0.05, 0) is 23.8 Å². The van der Waals surface area contributed by atoms with Crippen LogP contribution in [-0.2, 0) is 4.33 Å². The van der Waals surface area contributed by atoms with E-state index in [-0.39, 0.29) is 0 Å². The van der Waals surface area contributed by atoms with Crippen LogP contribution < -0.4 is 4.74 Å². The van der Waals surface area contributed by atoms with E-state index in [2.05, 4.69) is 6.07 Å². The van der Waals surface area contributed by atoms with Gasteiger partial charge in [0.15, 0.2) is 4.33 Å². The van der Waals surface area contributed by atoms with Gasteiger partial charge in [-0.25, -0.2) is 0 Å². The molecule has 2 nitrogen and oxygen atoms in total. The number of hydrogen-bond donors (Lipinski definition) is 0. The molecule has 0 aliphatic carbocycles. The highest BCUT2D eigenvalue weighted by Gasteiger charge is 2.32. The van der Waals surface area contributed by atoms with Gasteiger partial charge in [-0.3, -0.25) is 0 Å². The summed E-state index contributed by atoms with van der Waals surface area (Å²) in [6.07, 6.45) is 0. The Bertz CT molecular complexity index is 632. The first-order chi connectivity index (χ1) is 9.09. The van der Waals surface area contributed by atoms with Crippen molar-refractivity contribution < 1.29 is 4.74 Å². The van der Waals surface area contributed by atoms with E-state index in [1.54, 1.807) is 43.5 Å². The molecule has 0 saturated heterocycles. The maximum atomic E-state index is 8.94. The molecule has 0 bridgehead atoms. The number of nitriles is 1. The third-order valence-electron chi connectivity index (χ3n) is 2.80. The average Bonchev–Trinajstić information content (AvgIpc) is 2.47. The molecule has 0 heterocycles. The smallest absolute Gasteiger partial charge is 0.171 e. The molecule has 2 rings (SSSR count). The molecule has 0 radical (unpaired) electrons. The molecule has 0 aliphatic heterocycles. The van der Waals surface area contributed by atoms with Crippen LogP contribution in [0.25, 0.3) is 0 Å². The molecule has 0 saturated carbocycles. The summed E-state index contributed by atoms with van der Waals surface area (Å²) in [6, 6.07) is 16.3. The summed E-state index contributed by atoms with van der Waals surface area (Å²) in [5, 5.41) is 8.94. The Morgan fingerprint density at radius 1 is 1.11 bits per heavy atom. The number of ether oxygens (including phenoxy) is 1. The second-order valence-corrected chi connectivity index (χ2v) is 5.29. The molecule has 0 fully saturated rings. The van der Waals surface area contributed by atoms with Crippen molar-refractivity contribution in [3.63, 3.8) is 0 Å². The fraction of sp³-hybridized carbons (Fsp3) is 0.133. The van der Waals surface area contributed by atoms with Gasteiger partial charge in [0.25, 0.3) is 0 Å². The Morgan fingerprint density at radius 2 is 1.84 bits per heavy atom. The van der Waals surface area contributed by atoms with Gasteiger partial charge < -0.3 is 4.74 Å². The topological polar surface area (TPSA) is 33.0 Å². The van der Waals surface area contributed by atoms with Crippen LogP contribution in [0, 0.1) is 11.3 Å². The van der Waals surface area contributed by atoms with E-state index in [1.165, 1.54) is 0 Å². The van der Waals surface area contributed by atoms with E-state index in [9.17, 15) is 0 Å². The Labute approximate surface area is 122 Å². The van der Waals surface area contributed by atoms with Crippen LogP contribution in [0.5, 0.6) is 5.75 Å². The lowest BCUT2D eigenvalue weighted by atomic mass is 10.0. The Morgan fingerprint density at radius 3 is 2.53 bits per heavy atom. The highest BCUT2D eigenvalue weighted by molar-refractivity contribution is 6.50. The van der Waals surface area contributed by atoms with Crippen molar-refractivity contribution in [3.8, 4) is 11.8 Å². The fourth-order valence-corrected chi connectivity index (χ4v) is 2.39. The van der Waals surface area contributed by atoms with Crippen LogP contribution in [0.4, 0.5) is 0 Å². The molecule has 96 valence electrons. The van der Waals surface area contributed by atoms with Gasteiger partial charge in [0.2, 0.25) is 0 Å². The van der Waals surface area contributed by atoms with Crippen molar-refractivity contribution in [1.82, 2.24) is 0 Å². The second-order valence-electron chi connectivity index (χ2n) is 3.97. The zero-order chi connectivity index (χ0) is 13.9. The van der Waals surface area contributed by atoms with Crippen LogP contribution >= 0.6 is 23.2 Å². The average molecular weight is 292 g/mol. The third kappa shape index (κ3) is 2.68. The number of alkyl halides is 2. The van der Waals surface area contributed by atoms with Crippen LogP contribution in [-0.4, -0.2) is 7.11 Å². The molecular formula is C15H11Cl2NO. The lowest BCUT2D eigenvalue weighted by Crippen LogP contribution is -2.13. The van der Waals surface area contributed by atoms with Gasteiger partial charge in [0.05, 0.1) is 18.7 Å². The fourth-order valence-electron chi connectivity index (χ4n) is 1.84. The molecule has 0 atom stereocenters. The SMILES string of the molecule is COc1ccccc1C(Cl)(Cl)c1cccc(C#N)c1. The monoisotopic (exact) mass is 291 g/mol. The maximum Gasteiger partial charge on any atom is 0.171 e. The molecule has 19 heavy (non-hydrogen) atoms. The number of rotatable bonds is 3. The predicted molar refractivity (Wildman–Crippen MR) is 76.6 cm³/mol. The molecule has 0 aliphatic rings. The first-order valence-electron chi connectivity index (χ1n) is 5.61. The third-order valence-corrected chi connectivity index (χ3v) is 3.64. The van der Waals surface area contributed by atoms with Crippen LogP contribution in [0.1, 0.15) is 16.7 Å². The zero-order valence-electron chi connectivity index (χ0n) is 10.2. The summed E-state index contributed by atoms with van der Waals surface area (Å²) in [4.78, 5) is 0. The Kier molecular flexibility index (Phi) is 3.99. The molecule has 0 amide bonds. The number of hydrogen-bond acceptors (Lipinski definition) is 2. The number of para-hydroxylation sites is 1. The highest BCUT2D eigenvalue weighted by Crippen LogP contribution is 2.44. The van der Waals surface area contributed by atoms with Crippen molar-refractivity contribution in [1.29, 1.82) is 5.26 Å². The van der Waals surface area contributed by atoms with Crippen LogP contribution in [0.2, 0.25) is 0 Å². The second kappa shape index (κ2) is 5.52. The summed E-state index contributed by atoms with van der Waals surface area (Å²) in [7, 11) is 1.56. The minimum absolute atomic E-state index is 0.512. The van der Waals surface area contributed by atoms with Crippen molar-refractivity contribution >= 4 is 23.2 Å². The summed E-state index contributed by atoms with van der Waals surface area (Å²) in [6.45, 7) is 0. The minimum atomic E-state index is -1.26. The van der Waals surface area contributed by atoms with Gasteiger partial charge in [-0.1, -0.05) is 53.5 Å². The number of methoxy groups -OCH3 is 1. The molecule has 0 N–H and O–H groups in total. The molecular weight excluding hydrogens is 281 g/mol. The summed E-state index contributed by atoms with van der Waals surface area (Å²) < 4.78 is 4.01. The van der Waals surface area contributed by atoms with E-state index in [0.717, 1.165) is 0 Å². The van der Waals surface area contributed by atoms with E-state index in [1.807, 2.05) is 12.1 Å². The Hall–Kier alpha value is -1.69. The largest absolute Gasteiger partial charge is 0.496 e. The van der Waals surface area contributed by atoms with Crippen molar-refractivity contribution in [2.45, 2.75) is 4.33 Å². The zero-order valence-corrected chi connectivity index (χ0v) is 11.7. The first-order valence-corrected chi connectivity index (χ1v) is 6.37. The Balaban J connectivity index is 2.55. The molecule has 0 aromatic heterocycles. The quantitative estimate of drug-likeness (QED) is 0.792. The molecule has 0 unspecified atom stereocenters. The van der Waals surface area contributed by atoms with Crippen LogP contribution in [0.15, 0.2) is 48.5 Å². The standard InChI is InChI=1S/C15H11Cl2NO/c1-19-14-8-3-2-7-13(14)15(16,17)12-6-4-5-11(9-12)10-18/h2-9H,1H3. The number of halogens is 2. The summed E-state index contributed by atoms with van der Waals surface area (Å²) in [5.74, 6) is 0.606. The van der Waals surface area contributed by atoms with E-state index >= 15 is 0 Å². The first kappa shape index (κ1) is 13.7. The summed E-state index contributed by atoms with van der Waals surface area (Å²) >= 11 is 13.0. The van der Waals surface area contributed by atoms with Crippen molar-refractivity contribution in [3.05, 3.63) is 65.2 Å². The number of benzene rings is 2. The molecule has 4 heteroatoms. The molecule has 2 aromatic rings. The van der Waals surface area contributed by atoms with E-state index in [4.69, 9.17) is 33.2 Å². The van der Waals surface area contributed by atoms with Crippen molar-refractivity contribution in [2.24, 2.45) is 0 Å².